The van der Waals surface area contributed by atoms with Crippen LogP contribution in [0.3, 0.4) is 0 Å². The minimum Gasteiger partial charge on any atom is -0.494 e. The second-order valence-corrected chi connectivity index (χ2v) is 7.95. The molecule has 0 aliphatic heterocycles. The fourth-order valence-electron chi connectivity index (χ4n) is 3.07. The minimum absolute atomic E-state index is 0.293. The Morgan fingerprint density at radius 2 is 1.30 bits per heavy atom. The van der Waals surface area contributed by atoms with E-state index in [1.807, 2.05) is 24.3 Å². The maximum absolute atomic E-state index is 11.3. The number of esters is 1. The average molecular weight is 448 g/mol. The molecule has 0 saturated carbocycles. The van der Waals surface area contributed by atoms with E-state index in [2.05, 4.69) is 22.9 Å². The van der Waals surface area contributed by atoms with Crippen LogP contribution >= 0.6 is 0 Å². The van der Waals surface area contributed by atoms with Crippen LogP contribution in [0.4, 0.5) is 11.4 Å². The zero-order valence-electron chi connectivity index (χ0n) is 19.5. The van der Waals surface area contributed by atoms with Crippen molar-refractivity contribution in [2.45, 2.75) is 58.3 Å². The highest BCUT2D eigenvalue weighted by Gasteiger charge is 2.02. The molecule has 0 saturated heterocycles. The van der Waals surface area contributed by atoms with Crippen molar-refractivity contribution >= 4 is 17.3 Å². The number of nitriles is 1. The van der Waals surface area contributed by atoms with Crippen molar-refractivity contribution in [3.8, 4) is 11.8 Å². The first kappa shape index (κ1) is 25.8. The monoisotopic (exact) mass is 447 g/mol. The smallest absolute Gasteiger partial charge is 0.333 e. The zero-order chi connectivity index (χ0) is 23.7. The topological polar surface area (TPSA) is 84.0 Å². The Morgan fingerprint density at radius 1 is 0.818 bits per heavy atom. The second-order valence-electron chi connectivity index (χ2n) is 7.95. The highest BCUT2D eigenvalue weighted by Crippen LogP contribution is 2.22. The van der Waals surface area contributed by atoms with E-state index >= 15 is 0 Å². The van der Waals surface area contributed by atoms with Gasteiger partial charge in [-0.2, -0.15) is 15.5 Å². The predicted molar refractivity (Wildman–Crippen MR) is 130 cm³/mol. The summed E-state index contributed by atoms with van der Waals surface area (Å²) >= 11 is 0. The maximum Gasteiger partial charge on any atom is 0.333 e. The standard InChI is InChI=1S/C27H33N3O3/c1-22(2)27(31)33-20-10-8-6-4-3-5-7-9-19-32-26-17-15-25(16-18-26)30-29-24-13-11-23(21-28)12-14-24/h11-18H,1,3-10,19-20H2,2H3. The van der Waals surface area contributed by atoms with Gasteiger partial charge in [0.25, 0.3) is 0 Å². The van der Waals surface area contributed by atoms with Crippen LogP contribution < -0.4 is 4.74 Å². The number of nitrogens with zero attached hydrogens (tertiary/aromatic N) is 3. The molecule has 0 spiro atoms. The summed E-state index contributed by atoms with van der Waals surface area (Å²) in [6, 6.07) is 16.6. The number of unbranched alkanes of at least 4 members (excludes halogenated alkanes) is 7. The number of ether oxygens (including phenoxy) is 2. The Balaban J connectivity index is 1.49. The molecule has 0 aliphatic carbocycles. The lowest BCUT2D eigenvalue weighted by atomic mass is 10.1. The Bertz CT molecular complexity index is 929. The SMILES string of the molecule is C=C(C)C(=O)OCCCCCCCCCCOc1ccc(N=Nc2ccc(C#N)cc2)cc1. The number of carbonyl (C=O) groups is 1. The summed E-state index contributed by atoms with van der Waals surface area (Å²) in [5.41, 5.74) is 2.52. The highest BCUT2D eigenvalue weighted by molar-refractivity contribution is 5.86. The van der Waals surface area contributed by atoms with Crippen molar-refractivity contribution in [2.75, 3.05) is 13.2 Å². The van der Waals surface area contributed by atoms with E-state index < -0.39 is 0 Å². The van der Waals surface area contributed by atoms with Crippen LogP contribution in [-0.2, 0) is 9.53 Å². The van der Waals surface area contributed by atoms with E-state index in [-0.39, 0.29) is 5.97 Å². The van der Waals surface area contributed by atoms with E-state index in [1.165, 1.54) is 25.7 Å². The third-order valence-electron chi connectivity index (χ3n) is 5.00. The summed E-state index contributed by atoms with van der Waals surface area (Å²) in [5.74, 6) is 0.540. The van der Waals surface area contributed by atoms with Crippen LogP contribution in [0.5, 0.6) is 5.75 Å². The first-order valence-corrected chi connectivity index (χ1v) is 11.6. The highest BCUT2D eigenvalue weighted by atomic mass is 16.5. The maximum atomic E-state index is 11.3. The average Bonchev–Trinajstić information content (AvgIpc) is 2.84. The van der Waals surface area contributed by atoms with Crippen LogP contribution in [0.2, 0.25) is 0 Å². The van der Waals surface area contributed by atoms with Gasteiger partial charge in [0.2, 0.25) is 0 Å². The van der Waals surface area contributed by atoms with Crippen molar-refractivity contribution in [3.63, 3.8) is 0 Å². The molecule has 6 nitrogen and oxygen atoms in total. The molecule has 174 valence electrons. The quantitative estimate of drug-likeness (QED) is 0.122. The number of rotatable bonds is 15. The molecule has 0 atom stereocenters. The largest absolute Gasteiger partial charge is 0.494 e. The molecule has 0 radical (unpaired) electrons. The van der Waals surface area contributed by atoms with Crippen molar-refractivity contribution < 1.29 is 14.3 Å². The minimum atomic E-state index is -0.293. The first-order chi connectivity index (χ1) is 16.1. The number of benzene rings is 2. The van der Waals surface area contributed by atoms with Crippen LogP contribution in [-0.4, -0.2) is 19.2 Å². The van der Waals surface area contributed by atoms with E-state index in [4.69, 9.17) is 14.7 Å². The number of hydrogen-bond acceptors (Lipinski definition) is 6. The third-order valence-corrected chi connectivity index (χ3v) is 5.00. The van der Waals surface area contributed by atoms with Gasteiger partial charge in [-0.3, -0.25) is 0 Å². The summed E-state index contributed by atoms with van der Waals surface area (Å²) in [5, 5.41) is 17.2. The summed E-state index contributed by atoms with van der Waals surface area (Å²) < 4.78 is 10.9. The number of carbonyl (C=O) groups excluding carboxylic acids is 1. The molecule has 0 aliphatic rings. The molecule has 0 bridgehead atoms. The Hall–Kier alpha value is -3.46. The van der Waals surface area contributed by atoms with Gasteiger partial charge in [-0.1, -0.05) is 45.1 Å². The Morgan fingerprint density at radius 3 is 1.82 bits per heavy atom. The molecule has 0 fully saturated rings. The van der Waals surface area contributed by atoms with Gasteiger partial charge in [0.05, 0.1) is 36.2 Å². The van der Waals surface area contributed by atoms with Gasteiger partial charge in [0, 0.05) is 5.57 Å². The normalized spacial score (nSPS) is 10.7. The fraction of sp³-hybridized carbons (Fsp3) is 0.407. The molecular weight excluding hydrogens is 414 g/mol. The second kappa shape index (κ2) is 15.4. The molecular formula is C27H33N3O3. The predicted octanol–water partition coefficient (Wildman–Crippen LogP) is 7.59. The molecule has 6 heteroatoms. The van der Waals surface area contributed by atoms with Crippen molar-refractivity contribution in [3.05, 3.63) is 66.2 Å². The van der Waals surface area contributed by atoms with Gasteiger partial charge in [0.1, 0.15) is 5.75 Å². The Labute approximate surface area is 197 Å². The van der Waals surface area contributed by atoms with Crippen molar-refractivity contribution in [2.24, 2.45) is 10.2 Å². The summed E-state index contributed by atoms with van der Waals surface area (Å²) in [6.07, 6.45) is 9.04. The fourth-order valence-corrected chi connectivity index (χ4v) is 3.07. The van der Waals surface area contributed by atoms with Gasteiger partial charge in [0.15, 0.2) is 0 Å². The van der Waals surface area contributed by atoms with E-state index in [9.17, 15) is 4.79 Å². The molecule has 0 heterocycles. The van der Waals surface area contributed by atoms with E-state index in [1.54, 1.807) is 31.2 Å². The molecule has 33 heavy (non-hydrogen) atoms. The van der Waals surface area contributed by atoms with Crippen molar-refractivity contribution in [1.82, 2.24) is 0 Å². The van der Waals surface area contributed by atoms with Gasteiger partial charge >= 0.3 is 5.97 Å². The van der Waals surface area contributed by atoms with Crippen molar-refractivity contribution in [1.29, 1.82) is 5.26 Å². The van der Waals surface area contributed by atoms with E-state index in [0.717, 1.165) is 37.1 Å². The summed E-state index contributed by atoms with van der Waals surface area (Å²) in [7, 11) is 0. The van der Waals surface area contributed by atoms with Crippen LogP contribution in [0.1, 0.15) is 63.9 Å². The van der Waals surface area contributed by atoms with Crippen LogP contribution in [0.25, 0.3) is 0 Å². The van der Waals surface area contributed by atoms with E-state index in [0.29, 0.717) is 30.0 Å². The molecule has 0 unspecified atom stereocenters. The lowest BCUT2D eigenvalue weighted by Crippen LogP contribution is -2.05. The zero-order valence-corrected chi connectivity index (χ0v) is 19.5. The molecule has 2 rings (SSSR count). The number of hydrogen-bond donors (Lipinski definition) is 0. The van der Waals surface area contributed by atoms with Gasteiger partial charge in [-0.05, 0) is 68.3 Å². The molecule has 2 aromatic rings. The summed E-state index contributed by atoms with van der Waals surface area (Å²) in [4.78, 5) is 11.3. The lowest BCUT2D eigenvalue weighted by molar-refractivity contribution is -0.139. The Kier molecular flexibility index (Phi) is 12.0. The lowest BCUT2D eigenvalue weighted by Gasteiger charge is -2.06. The van der Waals surface area contributed by atoms with Crippen LogP contribution in [0.15, 0.2) is 70.9 Å². The molecule has 0 amide bonds. The van der Waals surface area contributed by atoms with Gasteiger partial charge in [-0.15, -0.1) is 0 Å². The van der Waals surface area contributed by atoms with Gasteiger partial charge in [-0.25, -0.2) is 4.79 Å². The van der Waals surface area contributed by atoms with Crippen LogP contribution in [0, 0.1) is 11.3 Å². The molecule has 0 N–H and O–H groups in total. The molecule has 2 aromatic carbocycles. The number of azo groups is 1. The summed E-state index contributed by atoms with van der Waals surface area (Å²) in [6.45, 7) is 6.43. The molecule has 0 aromatic heterocycles. The third kappa shape index (κ3) is 11.1. The van der Waals surface area contributed by atoms with Gasteiger partial charge < -0.3 is 9.47 Å². The first-order valence-electron chi connectivity index (χ1n) is 11.6.